The summed E-state index contributed by atoms with van der Waals surface area (Å²) in [6, 6.07) is 0. The second-order valence-corrected chi connectivity index (χ2v) is 9.24. The van der Waals surface area contributed by atoms with Crippen LogP contribution < -0.4 is 0 Å². The minimum atomic E-state index is -1.24. The maximum atomic E-state index is 14.5. The zero-order valence-corrected chi connectivity index (χ0v) is 15.8. The van der Waals surface area contributed by atoms with E-state index in [-0.39, 0.29) is 35.7 Å². The Balaban J connectivity index is 1.85. The summed E-state index contributed by atoms with van der Waals surface area (Å²) < 4.78 is 20.1. The van der Waals surface area contributed by atoms with Crippen molar-refractivity contribution in [2.24, 2.45) is 22.7 Å². The first-order valence-electron chi connectivity index (χ1n) is 9.80. The van der Waals surface area contributed by atoms with Crippen LogP contribution in [0.4, 0.5) is 4.39 Å². The summed E-state index contributed by atoms with van der Waals surface area (Å²) in [6.07, 6.45) is 3.52. The van der Waals surface area contributed by atoms with Gasteiger partial charge in [0.15, 0.2) is 0 Å². The standard InChI is InChI=1S/C21H29FO4/c1-11(23)26-17-9-12-8-13(24)4-6-20(12,2)14-5-7-21(3)15(18(14)17)10-16(22)19(21)25/h9,13-16,19,24-25H,4-8,10H2,1-3H3/t13?,14-,15+,16?,19?,20+,21+/m1/s1. The molecule has 0 aromatic heterocycles. The Kier molecular flexibility index (Phi) is 4.12. The van der Waals surface area contributed by atoms with Crippen molar-refractivity contribution < 1.29 is 24.1 Å². The molecule has 4 aliphatic carbocycles. The fraction of sp³-hybridized carbons (Fsp3) is 0.762. The molecule has 7 atom stereocenters. The van der Waals surface area contributed by atoms with Gasteiger partial charge in [-0.15, -0.1) is 0 Å². The summed E-state index contributed by atoms with van der Waals surface area (Å²) in [6.45, 7) is 5.59. The van der Waals surface area contributed by atoms with E-state index in [0.29, 0.717) is 12.2 Å². The molecule has 4 rings (SSSR count). The number of aliphatic hydroxyl groups is 2. The minimum absolute atomic E-state index is 0.0844. The third kappa shape index (κ3) is 2.43. The van der Waals surface area contributed by atoms with Crippen LogP contribution in [0.3, 0.4) is 0 Å². The van der Waals surface area contributed by atoms with Gasteiger partial charge in [0.05, 0.1) is 12.2 Å². The molecule has 3 saturated carbocycles. The van der Waals surface area contributed by atoms with Crippen molar-refractivity contribution in [1.82, 2.24) is 0 Å². The highest BCUT2D eigenvalue weighted by atomic mass is 19.1. The van der Waals surface area contributed by atoms with Crippen LogP contribution in [-0.2, 0) is 9.53 Å². The van der Waals surface area contributed by atoms with Crippen molar-refractivity contribution >= 4 is 5.97 Å². The number of ether oxygens (including phenoxy) is 1. The lowest BCUT2D eigenvalue weighted by atomic mass is 9.51. The predicted octanol–water partition coefficient (Wildman–Crippen LogP) is 3.43. The van der Waals surface area contributed by atoms with Gasteiger partial charge < -0.3 is 14.9 Å². The van der Waals surface area contributed by atoms with Gasteiger partial charge in [-0.1, -0.05) is 19.4 Å². The normalized spacial score (nSPS) is 47.6. The fourth-order valence-electron chi connectivity index (χ4n) is 6.23. The fourth-order valence-corrected chi connectivity index (χ4v) is 6.23. The Labute approximate surface area is 154 Å². The average Bonchev–Trinajstić information content (AvgIpc) is 2.79. The number of carbonyl (C=O) groups excluding carboxylic acids is 1. The maximum absolute atomic E-state index is 14.5. The van der Waals surface area contributed by atoms with Crippen LogP contribution >= 0.6 is 0 Å². The van der Waals surface area contributed by atoms with E-state index in [1.807, 2.05) is 13.0 Å². The van der Waals surface area contributed by atoms with Gasteiger partial charge >= 0.3 is 5.97 Å². The Morgan fingerprint density at radius 2 is 1.96 bits per heavy atom. The number of alkyl halides is 1. The van der Waals surface area contributed by atoms with Gasteiger partial charge in [-0.3, -0.25) is 4.79 Å². The molecule has 3 unspecified atom stereocenters. The quantitative estimate of drug-likeness (QED) is 0.700. The van der Waals surface area contributed by atoms with Gasteiger partial charge in [0, 0.05) is 12.3 Å². The first kappa shape index (κ1) is 18.2. The van der Waals surface area contributed by atoms with E-state index in [4.69, 9.17) is 4.74 Å². The highest BCUT2D eigenvalue weighted by Crippen LogP contribution is 2.64. The van der Waals surface area contributed by atoms with E-state index in [1.165, 1.54) is 6.92 Å². The van der Waals surface area contributed by atoms with Gasteiger partial charge in [-0.25, -0.2) is 4.39 Å². The molecule has 26 heavy (non-hydrogen) atoms. The maximum Gasteiger partial charge on any atom is 0.308 e. The van der Waals surface area contributed by atoms with Crippen LogP contribution in [-0.4, -0.2) is 34.6 Å². The molecule has 0 aliphatic heterocycles. The van der Waals surface area contributed by atoms with E-state index < -0.39 is 17.7 Å². The molecule has 0 spiro atoms. The number of hydrogen-bond acceptors (Lipinski definition) is 4. The number of aliphatic hydroxyl groups excluding tert-OH is 2. The van der Waals surface area contributed by atoms with Crippen LogP contribution in [0.1, 0.15) is 59.3 Å². The summed E-state index contributed by atoms with van der Waals surface area (Å²) >= 11 is 0. The molecule has 0 heterocycles. The van der Waals surface area contributed by atoms with E-state index in [2.05, 4.69) is 6.92 Å². The molecule has 0 aromatic carbocycles. The summed E-state index contributed by atoms with van der Waals surface area (Å²) in [4.78, 5) is 11.7. The van der Waals surface area contributed by atoms with E-state index in [0.717, 1.165) is 36.8 Å². The number of allylic oxidation sites excluding steroid dienone is 2. The first-order chi connectivity index (χ1) is 12.2. The Morgan fingerprint density at radius 1 is 1.23 bits per heavy atom. The Hall–Kier alpha value is -1.20. The molecule has 4 nitrogen and oxygen atoms in total. The summed E-state index contributed by atoms with van der Waals surface area (Å²) in [7, 11) is 0. The topological polar surface area (TPSA) is 66.8 Å². The Bertz CT molecular complexity index is 698. The highest BCUT2D eigenvalue weighted by molar-refractivity contribution is 5.68. The number of rotatable bonds is 1. The zero-order chi connectivity index (χ0) is 18.9. The number of fused-ring (bicyclic) bond motifs is 5. The van der Waals surface area contributed by atoms with Crippen molar-refractivity contribution in [2.75, 3.05) is 0 Å². The van der Waals surface area contributed by atoms with Gasteiger partial charge in [0.1, 0.15) is 11.9 Å². The molecule has 5 heteroatoms. The first-order valence-corrected chi connectivity index (χ1v) is 9.80. The van der Waals surface area contributed by atoms with Crippen LogP contribution in [0, 0.1) is 22.7 Å². The van der Waals surface area contributed by atoms with Crippen molar-refractivity contribution in [3.05, 3.63) is 23.0 Å². The largest absolute Gasteiger partial charge is 0.427 e. The monoisotopic (exact) mass is 364 g/mol. The van der Waals surface area contributed by atoms with Crippen molar-refractivity contribution in [3.63, 3.8) is 0 Å². The molecular weight excluding hydrogens is 335 g/mol. The molecule has 4 aliphatic rings. The second-order valence-electron chi connectivity index (χ2n) is 9.24. The molecule has 0 bridgehead atoms. The second kappa shape index (κ2) is 5.90. The zero-order valence-electron chi connectivity index (χ0n) is 15.8. The molecule has 144 valence electrons. The molecule has 2 N–H and O–H groups in total. The smallest absolute Gasteiger partial charge is 0.308 e. The lowest BCUT2D eigenvalue weighted by Crippen LogP contribution is -2.48. The summed E-state index contributed by atoms with van der Waals surface area (Å²) in [5, 5.41) is 20.6. The SMILES string of the molecule is CC(=O)OC1=C2[C@@H](CC[C@]3(C)C(O)C(F)C[C@@H]23)[C@@]2(C)CCC(O)CC2=C1. The lowest BCUT2D eigenvalue weighted by Gasteiger charge is -2.54. The van der Waals surface area contributed by atoms with Crippen LogP contribution in [0.15, 0.2) is 23.0 Å². The lowest BCUT2D eigenvalue weighted by molar-refractivity contribution is -0.136. The van der Waals surface area contributed by atoms with Crippen molar-refractivity contribution in [3.8, 4) is 0 Å². The molecule has 0 radical (unpaired) electrons. The molecular formula is C21H29FO4. The molecule has 3 fully saturated rings. The van der Waals surface area contributed by atoms with Crippen molar-refractivity contribution in [1.29, 1.82) is 0 Å². The van der Waals surface area contributed by atoms with Crippen LogP contribution in [0.2, 0.25) is 0 Å². The van der Waals surface area contributed by atoms with E-state index in [1.54, 1.807) is 0 Å². The van der Waals surface area contributed by atoms with Crippen LogP contribution in [0.25, 0.3) is 0 Å². The number of halogens is 1. The molecule has 0 saturated heterocycles. The third-order valence-electron chi connectivity index (χ3n) is 7.80. The van der Waals surface area contributed by atoms with Crippen molar-refractivity contribution in [2.45, 2.75) is 77.7 Å². The predicted molar refractivity (Wildman–Crippen MR) is 94.7 cm³/mol. The van der Waals surface area contributed by atoms with Crippen LogP contribution in [0.5, 0.6) is 0 Å². The van der Waals surface area contributed by atoms with Gasteiger partial charge in [-0.2, -0.15) is 0 Å². The molecule has 0 aromatic rings. The number of hydrogen-bond donors (Lipinski definition) is 2. The highest BCUT2D eigenvalue weighted by Gasteiger charge is 2.60. The molecule has 0 amide bonds. The van der Waals surface area contributed by atoms with Gasteiger partial charge in [-0.05, 0) is 67.4 Å². The summed E-state index contributed by atoms with van der Waals surface area (Å²) in [5.74, 6) is 0.231. The third-order valence-corrected chi connectivity index (χ3v) is 7.80. The minimum Gasteiger partial charge on any atom is -0.427 e. The van der Waals surface area contributed by atoms with Gasteiger partial charge in [0.2, 0.25) is 0 Å². The Morgan fingerprint density at radius 3 is 2.65 bits per heavy atom. The number of esters is 1. The van der Waals surface area contributed by atoms with E-state index in [9.17, 15) is 19.4 Å². The van der Waals surface area contributed by atoms with E-state index >= 15 is 0 Å². The average molecular weight is 364 g/mol. The number of carbonyl (C=O) groups is 1. The van der Waals surface area contributed by atoms with Gasteiger partial charge in [0.25, 0.3) is 0 Å². The summed E-state index contributed by atoms with van der Waals surface area (Å²) in [5.41, 5.74) is 1.57.